The first kappa shape index (κ1) is 17.2. The van der Waals surface area contributed by atoms with E-state index in [2.05, 4.69) is 5.10 Å². The second kappa shape index (κ2) is 6.38. The van der Waals surface area contributed by atoms with Gasteiger partial charge in [-0.2, -0.15) is 5.10 Å². The number of ether oxygens (including phenoxy) is 1. The van der Waals surface area contributed by atoms with Gasteiger partial charge in [0.2, 0.25) is 0 Å². The van der Waals surface area contributed by atoms with Crippen molar-refractivity contribution < 1.29 is 17.9 Å². The van der Waals surface area contributed by atoms with Crippen LogP contribution in [0.25, 0.3) is 5.52 Å². The molecule has 25 heavy (non-hydrogen) atoms. The molecule has 7 nitrogen and oxygen atoms in total. The molecule has 2 aromatic heterocycles. The smallest absolute Gasteiger partial charge is 0.268 e. The molecule has 0 aliphatic heterocycles. The Hall–Kier alpha value is -2.58. The van der Waals surface area contributed by atoms with E-state index in [0.717, 1.165) is 5.56 Å². The summed E-state index contributed by atoms with van der Waals surface area (Å²) >= 11 is 5.96. The lowest BCUT2D eigenvalue weighted by atomic mass is 10.2. The van der Waals surface area contributed by atoms with Gasteiger partial charge in [0.05, 0.1) is 35.5 Å². The van der Waals surface area contributed by atoms with Crippen LogP contribution in [0, 0.1) is 6.92 Å². The zero-order chi connectivity index (χ0) is 18.2. The molecule has 9 heteroatoms. The Kier molecular flexibility index (Phi) is 4.40. The number of rotatable bonds is 4. The van der Waals surface area contributed by atoms with Crippen LogP contribution in [0.2, 0.25) is 5.02 Å². The van der Waals surface area contributed by atoms with Crippen molar-refractivity contribution in [3.8, 4) is 5.75 Å². The summed E-state index contributed by atoms with van der Waals surface area (Å²) in [7, 11) is -2.54. The molecule has 1 aromatic carbocycles. The molecule has 0 bridgehead atoms. The number of benzene rings is 1. The molecule has 0 atom stereocenters. The second-order valence-corrected chi connectivity index (χ2v) is 7.39. The Morgan fingerprint density at radius 1 is 1.28 bits per heavy atom. The van der Waals surface area contributed by atoms with Crippen LogP contribution in [-0.4, -0.2) is 31.0 Å². The van der Waals surface area contributed by atoms with Crippen LogP contribution in [0.15, 0.2) is 47.6 Å². The summed E-state index contributed by atoms with van der Waals surface area (Å²) in [6, 6.07) is 7.53. The van der Waals surface area contributed by atoms with Crippen molar-refractivity contribution in [1.29, 1.82) is 0 Å². The molecule has 3 aromatic rings. The van der Waals surface area contributed by atoms with Crippen molar-refractivity contribution in [2.75, 3.05) is 7.11 Å². The summed E-state index contributed by atoms with van der Waals surface area (Å²) in [6.45, 7) is 1.75. The summed E-state index contributed by atoms with van der Waals surface area (Å²) in [5, 5.41) is 4.34. The third-order valence-corrected chi connectivity index (χ3v) is 5.39. The Bertz CT molecular complexity index is 1080. The second-order valence-electron chi connectivity index (χ2n) is 5.30. The minimum absolute atomic E-state index is 0.0883. The first-order chi connectivity index (χ1) is 11.8. The van der Waals surface area contributed by atoms with E-state index < -0.39 is 15.9 Å². The predicted molar refractivity (Wildman–Crippen MR) is 92.6 cm³/mol. The van der Waals surface area contributed by atoms with E-state index in [0.29, 0.717) is 16.3 Å². The Labute approximate surface area is 149 Å². The number of nitrogens with zero attached hydrogens (tertiary/aromatic N) is 2. The number of aromatic nitrogens is 2. The maximum Gasteiger partial charge on any atom is 0.268 e. The van der Waals surface area contributed by atoms with E-state index >= 15 is 0 Å². The number of pyridine rings is 1. The molecule has 1 amide bonds. The minimum Gasteiger partial charge on any atom is -0.495 e. The van der Waals surface area contributed by atoms with Gasteiger partial charge in [-0.3, -0.25) is 4.79 Å². The van der Waals surface area contributed by atoms with Gasteiger partial charge in [-0.25, -0.2) is 17.7 Å². The monoisotopic (exact) mass is 379 g/mol. The number of carbonyl (C=O) groups is 1. The molecule has 1 N–H and O–H groups in total. The highest BCUT2D eigenvalue weighted by molar-refractivity contribution is 7.90. The average Bonchev–Trinajstić information content (AvgIpc) is 2.99. The van der Waals surface area contributed by atoms with Crippen molar-refractivity contribution in [2.24, 2.45) is 0 Å². The number of hydrogen-bond donors (Lipinski definition) is 1. The van der Waals surface area contributed by atoms with Crippen LogP contribution in [0.5, 0.6) is 5.75 Å². The maximum absolute atomic E-state index is 12.4. The number of methoxy groups -OCH3 is 1. The van der Waals surface area contributed by atoms with Gasteiger partial charge < -0.3 is 4.74 Å². The molecule has 130 valence electrons. The zero-order valence-corrected chi connectivity index (χ0v) is 14.9. The van der Waals surface area contributed by atoms with Crippen molar-refractivity contribution in [2.45, 2.75) is 11.8 Å². The van der Waals surface area contributed by atoms with Crippen molar-refractivity contribution in [3.05, 3.63) is 58.9 Å². The predicted octanol–water partition coefficient (Wildman–Crippen LogP) is 2.42. The topological polar surface area (TPSA) is 89.8 Å². The molecule has 0 aliphatic rings. The first-order valence-electron chi connectivity index (χ1n) is 7.16. The molecule has 0 saturated heterocycles. The lowest BCUT2D eigenvalue weighted by Gasteiger charge is -2.08. The number of sulfonamides is 1. The number of fused-ring (bicyclic) bond motifs is 1. The fraction of sp³-hybridized carbons (Fsp3) is 0.125. The standard InChI is InChI=1S/C16H14ClN3O4S/c1-10-3-5-12(7-14(10)17)25(22,23)19-16(21)13-8-18-20-9-11(24-2)4-6-15(13)20/h3-9H,1-2H3,(H,19,21). The molecule has 0 aliphatic carbocycles. The van der Waals surface area contributed by atoms with Crippen molar-refractivity contribution >= 4 is 33.0 Å². The molecule has 0 saturated carbocycles. The summed E-state index contributed by atoms with van der Waals surface area (Å²) in [5.74, 6) is -0.221. The fourth-order valence-corrected chi connectivity index (χ4v) is 3.48. The number of carbonyl (C=O) groups excluding carboxylic acids is 1. The van der Waals surface area contributed by atoms with Gasteiger partial charge in [-0.15, -0.1) is 0 Å². The molecular formula is C16H14ClN3O4S. The lowest BCUT2D eigenvalue weighted by Crippen LogP contribution is -2.30. The maximum atomic E-state index is 12.4. The third-order valence-electron chi connectivity index (χ3n) is 3.65. The van der Waals surface area contributed by atoms with Crippen LogP contribution in [0.3, 0.4) is 0 Å². The van der Waals surface area contributed by atoms with E-state index in [1.807, 2.05) is 4.72 Å². The molecule has 2 heterocycles. The largest absolute Gasteiger partial charge is 0.495 e. The summed E-state index contributed by atoms with van der Waals surface area (Å²) < 4.78 is 33.3. The van der Waals surface area contributed by atoms with Crippen molar-refractivity contribution in [1.82, 2.24) is 14.3 Å². The number of nitrogens with one attached hydrogen (secondary N) is 1. The quantitative estimate of drug-likeness (QED) is 0.751. The van der Waals surface area contributed by atoms with Gasteiger partial charge in [-0.05, 0) is 36.8 Å². The molecular weight excluding hydrogens is 366 g/mol. The van der Waals surface area contributed by atoms with E-state index in [-0.39, 0.29) is 10.5 Å². The number of hydrogen-bond acceptors (Lipinski definition) is 5. The van der Waals surface area contributed by atoms with Crippen molar-refractivity contribution in [3.63, 3.8) is 0 Å². The Balaban J connectivity index is 1.92. The summed E-state index contributed by atoms with van der Waals surface area (Å²) in [4.78, 5) is 12.3. The van der Waals surface area contributed by atoms with Gasteiger partial charge in [0.15, 0.2) is 0 Å². The molecule has 0 spiro atoms. The van der Waals surface area contributed by atoms with Gasteiger partial charge in [-0.1, -0.05) is 17.7 Å². The highest BCUT2D eigenvalue weighted by Crippen LogP contribution is 2.21. The SMILES string of the molecule is COc1ccc2c(C(=O)NS(=O)(=O)c3ccc(C)c(Cl)c3)cnn2c1. The minimum atomic E-state index is -4.05. The van der Waals surface area contributed by atoms with Crippen LogP contribution in [-0.2, 0) is 10.0 Å². The van der Waals surface area contributed by atoms with Gasteiger partial charge in [0.1, 0.15) is 5.75 Å². The van der Waals surface area contributed by atoms with E-state index in [1.165, 1.54) is 30.0 Å². The first-order valence-corrected chi connectivity index (χ1v) is 9.02. The molecule has 0 unspecified atom stereocenters. The summed E-state index contributed by atoms with van der Waals surface area (Å²) in [5.41, 5.74) is 1.32. The van der Waals surface area contributed by atoms with Crippen LogP contribution < -0.4 is 9.46 Å². The van der Waals surface area contributed by atoms with E-state index in [1.54, 1.807) is 31.3 Å². The van der Waals surface area contributed by atoms with Crippen LogP contribution in [0.1, 0.15) is 15.9 Å². The normalized spacial score (nSPS) is 11.5. The number of aryl methyl sites for hydroxylation is 1. The fourth-order valence-electron chi connectivity index (χ4n) is 2.24. The number of amides is 1. The van der Waals surface area contributed by atoms with Crippen LogP contribution >= 0.6 is 11.6 Å². The lowest BCUT2D eigenvalue weighted by molar-refractivity contribution is 0.0983. The van der Waals surface area contributed by atoms with Crippen LogP contribution in [0.4, 0.5) is 0 Å². The molecule has 0 fully saturated rings. The van der Waals surface area contributed by atoms with E-state index in [4.69, 9.17) is 16.3 Å². The molecule has 0 radical (unpaired) electrons. The average molecular weight is 380 g/mol. The summed E-state index contributed by atoms with van der Waals surface area (Å²) in [6.07, 6.45) is 2.88. The van der Waals surface area contributed by atoms with Gasteiger partial charge in [0, 0.05) is 5.02 Å². The highest BCUT2D eigenvalue weighted by atomic mass is 35.5. The third kappa shape index (κ3) is 3.31. The molecule has 3 rings (SSSR count). The van der Waals surface area contributed by atoms with E-state index in [9.17, 15) is 13.2 Å². The van der Waals surface area contributed by atoms with Gasteiger partial charge in [0.25, 0.3) is 15.9 Å². The Morgan fingerprint density at radius 3 is 2.72 bits per heavy atom. The Morgan fingerprint density at radius 2 is 2.04 bits per heavy atom. The van der Waals surface area contributed by atoms with Gasteiger partial charge >= 0.3 is 0 Å². The zero-order valence-electron chi connectivity index (χ0n) is 13.4. The number of halogens is 1. The highest BCUT2D eigenvalue weighted by Gasteiger charge is 2.22.